The molecule has 1 aromatic heterocycles. The summed E-state index contributed by atoms with van der Waals surface area (Å²) in [4.78, 5) is 0.236. The smallest absolute Gasteiger partial charge is 0.244 e. The zero-order valence-electron chi connectivity index (χ0n) is 13.2. The predicted octanol–water partition coefficient (Wildman–Crippen LogP) is 0.410. The van der Waals surface area contributed by atoms with Crippen molar-refractivity contribution in [1.29, 1.82) is 0 Å². The molecule has 0 aliphatic heterocycles. The van der Waals surface area contributed by atoms with E-state index in [-0.39, 0.29) is 11.4 Å². The first kappa shape index (κ1) is 18.1. The number of aromatic nitrogens is 2. The van der Waals surface area contributed by atoms with Crippen molar-refractivity contribution in [3.63, 3.8) is 0 Å². The molecular weight excluding hydrogens is 292 g/mol. The highest BCUT2D eigenvalue weighted by molar-refractivity contribution is 7.89. The minimum absolute atomic E-state index is 0.236. The minimum atomic E-state index is -3.57. The third-order valence-corrected chi connectivity index (χ3v) is 4.63. The van der Waals surface area contributed by atoms with Crippen molar-refractivity contribution >= 4 is 10.0 Å². The number of ether oxygens (including phenoxy) is 1. The molecule has 1 heterocycles. The first-order valence-electron chi connectivity index (χ1n) is 7.11. The van der Waals surface area contributed by atoms with Gasteiger partial charge in [0.2, 0.25) is 10.0 Å². The Morgan fingerprint density at radius 1 is 1.38 bits per heavy atom. The Labute approximate surface area is 126 Å². The number of rotatable bonds is 9. The van der Waals surface area contributed by atoms with E-state index in [0.717, 1.165) is 0 Å². The average Bonchev–Trinajstić information content (AvgIpc) is 2.64. The minimum Gasteiger partial charge on any atom is -0.380 e. The van der Waals surface area contributed by atoms with Crippen LogP contribution in [0.3, 0.4) is 0 Å². The summed E-state index contributed by atoms with van der Waals surface area (Å²) in [5.41, 5.74) is 6.58. The number of nitrogens with two attached hydrogens (primary N) is 1. The van der Waals surface area contributed by atoms with Crippen molar-refractivity contribution in [3.8, 4) is 0 Å². The molecule has 0 amide bonds. The molecule has 0 saturated carbocycles. The van der Waals surface area contributed by atoms with Gasteiger partial charge in [0.15, 0.2) is 0 Å². The zero-order valence-corrected chi connectivity index (χ0v) is 14.0. The molecule has 122 valence electrons. The Balaban J connectivity index is 2.70. The van der Waals surface area contributed by atoms with Gasteiger partial charge in [-0.15, -0.1) is 0 Å². The van der Waals surface area contributed by atoms with Crippen LogP contribution in [-0.4, -0.2) is 44.5 Å². The number of sulfonamides is 1. The van der Waals surface area contributed by atoms with Crippen LogP contribution in [0.4, 0.5) is 0 Å². The summed E-state index contributed by atoms with van der Waals surface area (Å²) >= 11 is 0. The Hall–Kier alpha value is -0.960. The highest BCUT2D eigenvalue weighted by atomic mass is 32.2. The molecule has 0 radical (unpaired) electrons. The van der Waals surface area contributed by atoms with Gasteiger partial charge in [-0.1, -0.05) is 13.8 Å². The van der Waals surface area contributed by atoms with Crippen LogP contribution in [-0.2, 0) is 21.3 Å². The number of hydrogen-bond acceptors (Lipinski definition) is 5. The van der Waals surface area contributed by atoms with E-state index in [1.54, 1.807) is 18.5 Å². The van der Waals surface area contributed by atoms with Crippen molar-refractivity contribution in [2.45, 2.75) is 39.1 Å². The molecule has 3 N–H and O–H groups in total. The Morgan fingerprint density at radius 3 is 2.62 bits per heavy atom. The summed E-state index contributed by atoms with van der Waals surface area (Å²) in [6.07, 6.45) is 0. The van der Waals surface area contributed by atoms with Gasteiger partial charge in [-0.2, -0.15) is 5.10 Å². The summed E-state index contributed by atoms with van der Waals surface area (Å²) in [6, 6.07) is 0. The Kier molecular flexibility index (Phi) is 6.79. The summed E-state index contributed by atoms with van der Waals surface area (Å²) in [5.74, 6) is 0.431. The molecule has 8 heteroatoms. The summed E-state index contributed by atoms with van der Waals surface area (Å²) in [6.45, 7) is 9.64. The van der Waals surface area contributed by atoms with Crippen molar-refractivity contribution < 1.29 is 13.2 Å². The van der Waals surface area contributed by atoms with Crippen LogP contribution in [0.15, 0.2) is 4.90 Å². The lowest BCUT2D eigenvalue weighted by Crippen LogP contribution is -2.28. The molecule has 1 rings (SSSR count). The van der Waals surface area contributed by atoms with E-state index in [0.29, 0.717) is 43.6 Å². The number of hydrogen-bond donors (Lipinski definition) is 2. The van der Waals surface area contributed by atoms with E-state index >= 15 is 0 Å². The maximum atomic E-state index is 12.3. The molecule has 0 unspecified atom stereocenters. The van der Waals surface area contributed by atoms with E-state index in [2.05, 4.69) is 9.82 Å². The SMILES string of the molecule is Cc1nn(CCN)c(C)c1S(=O)(=O)NCCOCC(C)C. The molecule has 0 spiro atoms. The highest BCUT2D eigenvalue weighted by Crippen LogP contribution is 2.18. The molecule has 0 atom stereocenters. The standard InChI is InChI=1S/C13H26N4O3S/c1-10(2)9-20-8-6-15-21(18,19)13-11(3)16-17(7-5-14)12(13)4/h10,15H,5-9,14H2,1-4H3. The van der Waals surface area contributed by atoms with Gasteiger partial charge < -0.3 is 10.5 Å². The van der Waals surface area contributed by atoms with Crippen molar-refractivity contribution in [2.75, 3.05) is 26.3 Å². The van der Waals surface area contributed by atoms with Crippen LogP contribution in [0, 0.1) is 19.8 Å². The molecule has 0 fully saturated rings. The van der Waals surface area contributed by atoms with Crippen LogP contribution in [0.1, 0.15) is 25.2 Å². The van der Waals surface area contributed by atoms with Crippen LogP contribution < -0.4 is 10.5 Å². The van der Waals surface area contributed by atoms with E-state index in [1.807, 2.05) is 13.8 Å². The van der Waals surface area contributed by atoms with Crippen molar-refractivity contribution in [2.24, 2.45) is 11.7 Å². The molecule has 21 heavy (non-hydrogen) atoms. The number of aryl methyl sites for hydroxylation is 1. The van der Waals surface area contributed by atoms with Gasteiger partial charge >= 0.3 is 0 Å². The van der Waals surface area contributed by atoms with E-state index < -0.39 is 10.0 Å². The van der Waals surface area contributed by atoms with E-state index in [4.69, 9.17) is 10.5 Å². The molecule has 0 aliphatic rings. The first-order valence-corrected chi connectivity index (χ1v) is 8.59. The molecule has 0 saturated heterocycles. The third-order valence-electron chi connectivity index (χ3n) is 2.91. The van der Waals surface area contributed by atoms with Gasteiger partial charge in [0.25, 0.3) is 0 Å². The summed E-state index contributed by atoms with van der Waals surface area (Å²) < 4.78 is 34.2. The van der Waals surface area contributed by atoms with Gasteiger partial charge in [-0.25, -0.2) is 13.1 Å². The fourth-order valence-electron chi connectivity index (χ4n) is 2.05. The van der Waals surface area contributed by atoms with E-state index in [1.165, 1.54) is 0 Å². The van der Waals surface area contributed by atoms with Crippen LogP contribution >= 0.6 is 0 Å². The molecule has 0 aromatic carbocycles. The summed E-state index contributed by atoms with van der Waals surface area (Å²) in [7, 11) is -3.57. The summed E-state index contributed by atoms with van der Waals surface area (Å²) in [5, 5.41) is 4.22. The lowest BCUT2D eigenvalue weighted by atomic mass is 10.2. The first-order chi connectivity index (χ1) is 9.79. The Bertz CT molecular complexity index is 552. The third kappa shape index (κ3) is 5.06. The monoisotopic (exact) mass is 318 g/mol. The van der Waals surface area contributed by atoms with Gasteiger partial charge in [0.05, 0.1) is 24.5 Å². The lowest BCUT2D eigenvalue weighted by molar-refractivity contribution is 0.114. The number of nitrogens with one attached hydrogen (secondary N) is 1. The van der Waals surface area contributed by atoms with Crippen LogP contribution in [0.25, 0.3) is 0 Å². The lowest BCUT2D eigenvalue weighted by Gasteiger charge is -2.09. The Morgan fingerprint density at radius 2 is 2.05 bits per heavy atom. The molecular formula is C13H26N4O3S. The predicted molar refractivity (Wildman–Crippen MR) is 81.6 cm³/mol. The second-order valence-corrected chi connectivity index (χ2v) is 7.08. The van der Waals surface area contributed by atoms with Gasteiger partial charge in [-0.05, 0) is 19.8 Å². The van der Waals surface area contributed by atoms with Gasteiger partial charge in [0.1, 0.15) is 4.90 Å². The molecule has 0 bridgehead atoms. The normalized spacial score (nSPS) is 12.3. The largest absolute Gasteiger partial charge is 0.380 e. The molecule has 0 aliphatic carbocycles. The average molecular weight is 318 g/mol. The van der Waals surface area contributed by atoms with Crippen molar-refractivity contribution in [1.82, 2.24) is 14.5 Å². The fourth-order valence-corrected chi connectivity index (χ4v) is 3.47. The topological polar surface area (TPSA) is 99.2 Å². The maximum Gasteiger partial charge on any atom is 0.244 e. The van der Waals surface area contributed by atoms with Gasteiger partial charge in [-0.3, -0.25) is 4.68 Å². The maximum absolute atomic E-state index is 12.3. The highest BCUT2D eigenvalue weighted by Gasteiger charge is 2.23. The number of nitrogens with zero attached hydrogens (tertiary/aromatic N) is 2. The zero-order chi connectivity index (χ0) is 16.0. The second kappa shape index (κ2) is 7.88. The van der Waals surface area contributed by atoms with Crippen LogP contribution in [0.2, 0.25) is 0 Å². The van der Waals surface area contributed by atoms with Crippen LogP contribution in [0.5, 0.6) is 0 Å². The quantitative estimate of drug-likeness (QED) is 0.643. The van der Waals surface area contributed by atoms with E-state index in [9.17, 15) is 8.42 Å². The van der Waals surface area contributed by atoms with Crippen molar-refractivity contribution in [3.05, 3.63) is 11.4 Å². The second-order valence-electron chi connectivity index (χ2n) is 5.38. The molecule has 7 nitrogen and oxygen atoms in total. The fraction of sp³-hybridized carbons (Fsp3) is 0.769. The van der Waals surface area contributed by atoms with Gasteiger partial charge in [0, 0.05) is 19.7 Å². The molecule has 1 aromatic rings.